The lowest BCUT2D eigenvalue weighted by Gasteiger charge is -2.43. The molecule has 1 aliphatic carbocycles. The summed E-state index contributed by atoms with van der Waals surface area (Å²) < 4.78 is 40.4. The van der Waals surface area contributed by atoms with Crippen LogP contribution in [-0.2, 0) is 15.8 Å². The Morgan fingerprint density at radius 1 is 1.22 bits per heavy atom. The van der Waals surface area contributed by atoms with Gasteiger partial charge in [-0.1, -0.05) is 6.42 Å². The molecule has 4 rings (SSSR count). The van der Waals surface area contributed by atoms with E-state index >= 15 is 0 Å². The van der Waals surface area contributed by atoms with Gasteiger partial charge in [0.25, 0.3) is 0 Å². The molecule has 2 aliphatic heterocycles. The number of nitrogens with one attached hydrogen (secondary N) is 1. The normalized spacial score (nSPS) is 23.0. The number of benzene rings is 1. The molecular formula is C23H27F3N4O2. The first kappa shape index (κ1) is 22.4. The largest absolute Gasteiger partial charge is 0.417 e. The fraction of sp³-hybridized carbons (Fsp3) is 0.609. The number of hydrogen-bond acceptors (Lipinski definition) is 4. The molecule has 1 saturated carbocycles. The Balaban J connectivity index is 1.57. The lowest BCUT2D eigenvalue weighted by Crippen LogP contribution is -2.51. The van der Waals surface area contributed by atoms with Crippen LogP contribution >= 0.6 is 0 Å². The molecule has 3 aliphatic rings. The lowest BCUT2D eigenvalue weighted by molar-refractivity contribution is -0.141. The van der Waals surface area contributed by atoms with Crippen LogP contribution in [0.25, 0.3) is 0 Å². The van der Waals surface area contributed by atoms with Crippen molar-refractivity contribution in [2.45, 2.75) is 38.3 Å². The van der Waals surface area contributed by atoms with Crippen molar-refractivity contribution in [3.63, 3.8) is 0 Å². The number of rotatable bonds is 3. The summed E-state index contributed by atoms with van der Waals surface area (Å²) in [4.78, 5) is 29.1. The topological polar surface area (TPSA) is 76.4 Å². The van der Waals surface area contributed by atoms with E-state index in [9.17, 15) is 22.8 Å². The van der Waals surface area contributed by atoms with Gasteiger partial charge in [0.1, 0.15) is 0 Å². The average Bonchev–Trinajstić information content (AvgIpc) is 3.10. The zero-order chi connectivity index (χ0) is 23.1. The number of piperidine rings is 1. The van der Waals surface area contributed by atoms with Crippen molar-refractivity contribution in [3.8, 4) is 6.07 Å². The van der Waals surface area contributed by atoms with Gasteiger partial charge in [0.2, 0.25) is 11.8 Å². The first-order chi connectivity index (χ1) is 15.2. The first-order valence-electron chi connectivity index (χ1n) is 11.1. The van der Waals surface area contributed by atoms with Gasteiger partial charge >= 0.3 is 6.18 Å². The highest BCUT2D eigenvalue weighted by atomic mass is 19.4. The quantitative estimate of drug-likeness (QED) is 0.771. The highest BCUT2D eigenvalue weighted by molar-refractivity contribution is 5.82. The van der Waals surface area contributed by atoms with Crippen molar-refractivity contribution >= 4 is 17.5 Å². The summed E-state index contributed by atoms with van der Waals surface area (Å²) in [6.45, 7) is 1.88. The third-order valence-electron chi connectivity index (χ3n) is 7.53. The molecule has 2 amide bonds. The average molecular weight is 448 g/mol. The third kappa shape index (κ3) is 3.91. The van der Waals surface area contributed by atoms with Crippen LogP contribution in [0, 0.1) is 28.6 Å². The van der Waals surface area contributed by atoms with Crippen molar-refractivity contribution in [3.05, 3.63) is 29.3 Å². The molecule has 1 aromatic carbocycles. The van der Waals surface area contributed by atoms with E-state index in [0.29, 0.717) is 44.7 Å². The van der Waals surface area contributed by atoms with Gasteiger partial charge in [-0.25, -0.2) is 0 Å². The number of hydrogen-bond donors (Lipinski definition) is 1. The molecule has 3 fully saturated rings. The number of anilines is 1. The number of nitrogens with zero attached hydrogens (tertiary/aromatic N) is 3. The highest BCUT2D eigenvalue weighted by Crippen LogP contribution is 2.47. The summed E-state index contributed by atoms with van der Waals surface area (Å²) in [6, 6.07) is 5.32. The summed E-state index contributed by atoms with van der Waals surface area (Å²) in [5.74, 6) is -0.188. The van der Waals surface area contributed by atoms with Crippen LogP contribution in [0.4, 0.5) is 18.9 Å². The monoisotopic (exact) mass is 448 g/mol. The number of likely N-dealkylation sites (tertiary alicyclic amines) is 1. The van der Waals surface area contributed by atoms with Gasteiger partial charge in [0.05, 0.1) is 23.1 Å². The van der Waals surface area contributed by atoms with Crippen LogP contribution in [0.1, 0.15) is 43.2 Å². The zero-order valence-electron chi connectivity index (χ0n) is 18.0. The van der Waals surface area contributed by atoms with Gasteiger partial charge in [-0.2, -0.15) is 18.4 Å². The minimum atomic E-state index is -4.63. The Morgan fingerprint density at radius 2 is 1.91 bits per heavy atom. The summed E-state index contributed by atoms with van der Waals surface area (Å²) in [5.41, 5.74) is -1.42. The van der Waals surface area contributed by atoms with Crippen LogP contribution in [0.3, 0.4) is 0 Å². The van der Waals surface area contributed by atoms with Crippen molar-refractivity contribution in [1.82, 2.24) is 10.2 Å². The number of halogens is 3. The number of carbonyl (C=O) groups excluding carboxylic acids is 2. The molecule has 0 radical (unpaired) electrons. The Morgan fingerprint density at radius 3 is 2.44 bits per heavy atom. The summed E-state index contributed by atoms with van der Waals surface area (Å²) in [7, 11) is 1.57. The molecule has 6 nitrogen and oxygen atoms in total. The number of amides is 2. The second-order valence-electron chi connectivity index (χ2n) is 9.20. The van der Waals surface area contributed by atoms with Crippen LogP contribution in [-0.4, -0.2) is 49.9 Å². The molecule has 1 spiro atoms. The van der Waals surface area contributed by atoms with Crippen LogP contribution in [0.5, 0.6) is 0 Å². The Labute approximate surface area is 185 Å². The summed E-state index contributed by atoms with van der Waals surface area (Å²) in [6.07, 6.45) is -0.381. The van der Waals surface area contributed by atoms with E-state index in [0.717, 1.165) is 25.3 Å². The fourth-order valence-electron chi connectivity index (χ4n) is 5.35. The molecule has 0 bridgehead atoms. The van der Waals surface area contributed by atoms with E-state index in [2.05, 4.69) is 5.32 Å². The molecule has 2 heterocycles. The molecule has 172 valence electrons. The Bertz CT molecular complexity index is 944. The predicted molar refractivity (Wildman–Crippen MR) is 112 cm³/mol. The first-order valence-corrected chi connectivity index (χ1v) is 11.1. The standard InChI is InChI=1S/C23H27F3N4O2/c1-28-20(31)19-13-30(17-6-5-16(12-27)18(11-17)23(24,25)26)14-22(19)7-9-29(10-8-22)21(32)15-3-2-4-15/h5-6,11,15,19H,2-4,7-10,13-14H2,1H3,(H,28,31). The van der Waals surface area contributed by atoms with E-state index in [1.807, 2.05) is 9.80 Å². The molecular weight excluding hydrogens is 421 g/mol. The summed E-state index contributed by atoms with van der Waals surface area (Å²) in [5, 5.41) is 11.8. The lowest BCUT2D eigenvalue weighted by atomic mass is 9.70. The molecule has 32 heavy (non-hydrogen) atoms. The number of alkyl halides is 3. The maximum Gasteiger partial charge on any atom is 0.417 e. The zero-order valence-corrected chi connectivity index (χ0v) is 18.0. The van der Waals surface area contributed by atoms with Crippen LogP contribution in [0.15, 0.2) is 18.2 Å². The van der Waals surface area contributed by atoms with Gasteiger partial charge in [0, 0.05) is 50.2 Å². The van der Waals surface area contributed by atoms with E-state index < -0.39 is 22.7 Å². The Kier molecular flexibility index (Phi) is 5.82. The summed E-state index contributed by atoms with van der Waals surface area (Å²) >= 11 is 0. The van der Waals surface area contributed by atoms with E-state index in [1.165, 1.54) is 12.1 Å². The van der Waals surface area contributed by atoms with Gasteiger partial charge < -0.3 is 15.1 Å². The van der Waals surface area contributed by atoms with Gasteiger partial charge in [-0.15, -0.1) is 0 Å². The minimum Gasteiger partial charge on any atom is -0.370 e. The van der Waals surface area contributed by atoms with E-state index in [4.69, 9.17) is 5.26 Å². The SMILES string of the molecule is CNC(=O)C1CN(c2ccc(C#N)c(C(F)(F)F)c2)CC12CCN(C(=O)C1CCC1)CC2. The second kappa shape index (κ2) is 8.30. The molecule has 9 heteroatoms. The van der Waals surface area contributed by atoms with E-state index in [1.54, 1.807) is 13.1 Å². The van der Waals surface area contributed by atoms with Gasteiger partial charge in [-0.05, 0) is 43.9 Å². The highest BCUT2D eigenvalue weighted by Gasteiger charge is 2.52. The smallest absolute Gasteiger partial charge is 0.370 e. The van der Waals surface area contributed by atoms with Crippen molar-refractivity contribution in [2.75, 3.05) is 38.1 Å². The molecule has 1 atom stereocenters. The van der Waals surface area contributed by atoms with Gasteiger partial charge in [-0.3, -0.25) is 9.59 Å². The second-order valence-corrected chi connectivity index (χ2v) is 9.20. The fourth-order valence-corrected chi connectivity index (χ4v) is 5.35. The maximum atomic E-state index is 13.5. The van der Waals surface area contributed by atoms with Crippen LogP contribution < -0.4 is 10.2 Å². The third-order valence-corrected chi connectivity index (χ3v) is 7.53. The maximum absolute atomic E-state index is 13.5. The van der Waals surface area contributed by atoms with Crippen molar-refractivity contribution in [1.29, 1.82) is 5.26 Å². The molecule has 1 aromatic rings. The van der Waals surface area contributed by atoms with E-state index in [-0.39, 0.29) is 23.7 Å². The molecule has 1 unspecified atom stereocenters. The predicted octanol–water partition coefficient (Wildman–Crippen LogP) is 3.17. The number of nitriles is 1. The van der Waals surface area contributed by atoms with Crippen LogP contribution in [0.2, 0.25) is 0 Å². The molecule has 1 N–H and O–H groups in total. The molecule has 0 aromatic heterocycles. The number of carbonyl (C=O) groups is 2. The van der Waals surface area contributed by atoms with Crippen molar-refractivity contribution < 1.29 is 22.8 Å². The minimum absolute atomic E-state index is 0.123. The molecule has 2 saturated heterocycles. The van der Waals surface area contributed by atoms with Gasteiger partial charge in [0.15, 0.2) is 0 Å². The van der Waals surface area contributed by atoms with Crippen molar-refractivity contribution in [2.24, 2.45) is 17.3 Å². The Hall–Kier alpha value is -2.76.